The maximum Gasteiger partial charge on any atom is 0.472 e. The van der Waals surface area contributed by atoms with Gasteiger partial charge in [0.2, 0.25) is 0 Å². The van der Waals surface area contributed by atoms with Crippen LogP contribution in [-0.2, 0) is 99.0 Å². The van der Waals surface area contributed by atoms with Gasteiger partial charge in [0.25, 0.3) is 0 Å². The fourth-order valence-corrected chi connectivity index (χ4v) is 19.6. The fourth-order valence-electron chi connectivity index (χ4n) is 18.6. The molecule has 6 aliphatic heterocycles. The highest BCUT2D eigenvalue weighted by molar-refractivity contribution is 7.47. The van der Waals surface area contributed by atoms with Gasteiger partial charge in [-0.05, 0) is 25.2 Å². The van der Waals surface area contributed by atoms with Crippen LogP contribution < -0.4 is 0 Å². The zero-order chi connectivity index (χ0) is 103. The number of phosphoric acid groups is 1. The summed E-state index contributed by atoms with van der Waals surface area (Å²) in [5.41, 5.74) is 0. The molecule has 0 radical (unpaired) electrons. The number of aliphatic hydroxyl groups excluding tert-OH is 22. The topological polar surface area (TPSA) is 690 Å². The Bertz CT molecular complexity index is 3350. The van der Waals surface area contributed by atoms with E-state index in [2.05, 4.69) is 27.7 Å². The lowest BCUT2D eigenvalue weighted by atomic mass is 9.84. The minimum absolute atomic E-state index is 0.0413. The van der Waals surface area contributed by atoms with Gasteiger partial charge < -0.3 is 188 Å². The van der Waals surface area contributed by atoms with E-state index < -0.39 is 306 Å². The number of hydrogen-bond acceptors (Lipinski definition) is 43. The van der Waals surface area contributed by atoms with E-state index in [-0.39, 0.29) is 19.3 Å². The Balaban J connectivity index is 1.09. The van der Waals surface area contributed by atoms with Gasteiger partial charge in [0.05, 0.1) is 39.6 Å². The number of hydrogen-bond donors (Lipinski definition) is 23. The second-order valence-electron chi connectivity index (χ2n) is 39.3. The molecule has 7 rings (SSSR count). The van der Waals surface area contributed by atoms with Crippen molar-refractivity contribution in [1.82, 2.24) is 0 Å². The lowest BCUT2D eigenvalue weighted by molar-refractivity contribution is -0.396. The van der Waals surface area contributed by atoms with E-state index in [1.807, 2.05) is 0 Å². The van der Waals surface area contributed by atoms with E-state index in [1.165, 1.54) is 122 Å². The van der Waals surface area contributed by atoms with Crippen molar-refractivity contribution in [2.45, 2.75) is 531 Å². The quantitative estimate of drug-likeness (QED) is 0.0178. The van der Waals surface area contributed by atoms with E-state index in [9.17, 15) is 136 Å². The number of aliphatic hydroxyl groups is 22. The summed E-state index contributed by atoms with van der Waals surface area (Å²) in [5, 5.41) is 246. The largest absolute Gasteiger partial charge is 0.472 e. The third kappa shape index (κ3) is 41.0. The van der Waals surface area contributed by atoms with Gasteiger partial charge in [0.1, 0.15) is 196 Å². The Morgan fingerprint density at radius 3 is 0.936 bits per heavy atom. The average Bonchev–Trinajstić information content (AvgIpc) is 0.760. The Morgan fingerprint density at radius 2 is 0.546 bits per heavy atom. The predicted molar refractivity (Wildman–Crippen MR) is 496 cm³/mol. The summed E-state index contributed by atoms with van der Waals surface area (Å²) in [5.74, 6) is -1.63. The molecule has 0 aromatic carbocycles. The lowest BCUT2D eigenvalue weighted by Gasteiger charge is -2.49. The van der Waals surface area contributed by atoms with Gasteiger partial charge in [0.15, 0.2) is 43.8 Å². The van der Waals surface area contributed by atoms with Crippen molar-refractivity contribution in [2.24, 2.45) is 5.92 Å². The Kier molecular flexibility index (Phi) is 59.8. The van der Waals surface area contributed by atoms with E-state index in [0.717, 1.165) is 96.3 Å². The number of rotatable bonds is 71. The van der Waals surface area contributed by atoms with Crippen LogP contribution in [0, 0.1) is 5.92 Å². The molecule has 45 heteroatoms. The van der Waals surface area contributed by atoms with Gasteiger partial charge in [-0.3, -0.25) is 23.4 Å². The van der Waals surface area contributed by atoms with Crippen LogP contribution in [0.15, 0.2) is 0 Å². The molecule has 141 heavy (non-hydrogen) atoms. The van der Waals surface area contributed by atoms with Crippen molar-refractivity contribution in [3.8, 4) is 0 Å². The molecule has 7 aliphatic rings. The molecule has 1 aliphatic carbocycles. The zero-order valence-corrected chi connectivity index (χ0v) is 83.7. The second kappa shape index (κ2) is 67.5. The smallest absolute Gasteiger partial charge is 0.463 e. The number of carbonyl (C=O) groups excluding carboxylic acids is 3. The number of phosphoric ester groups is 1. The summed E-state index contributed by atoms with van der Waals surface area (Å²) in [6, 6.07) is 0. The van der Waals surface area contributed by atoms with Gasteiger partial charge in [-0.25, -0.2) is 4.57 Å². The third-order valence-corrected chi connectivity index (χ3v) is 28.7. The number of carbonyl (C=O) groups is 3. The molecule has 39 atom stereocenters. The zero-order valence-electron chi connectivity index (χ0n) is 82.8. The molecule has 44 nitrogen and oxygen atoms in total. The van der Waals surface area contributed by atoms with Crippen LogP contribution in [-0.4, -0.2) is 415 Å². The first-order valence-corrected chi connectivity index (χ1v) is 53.8. The summed E-state index contributed by atoms with van der Waals surface area (Å²) in [4.78, 5) is 52.3. The molecular weight excluding hydrogens is 1890 g/mol. The van der Waals surface area contributed by atoms with Crippen molar-refractivity contribution in [3.63, 3.8) is 0 Å². The normalized spacial score (nSPS) is 36.2. The molecule has 4 unspecified atom stereocenters. The van der Waals surface area contributed by atoms with Crippen molar-refractivity contribution >= 4 is 25.7 Å². The maximum atomic E-state index is 14.9. The van der Waals surface area contributed by atoms with E-state index in [0.29, 0.717) is 44.4 Å². The average molecular weight is 2060 g/mol. The number of ether oxygens (including phenoxy) is 15. The minimum atomic E-state index is -5.96. The monoisotopic (exact) mass is 2060 g/mol. The van der Waals surface area contributed by atoms with Crippen LogP contribution in [0.3, 0.4) is 0 Å². The van der Waals surface area contributed by atoms with Gasteiger partial charge >= 0.3 is 25.7 Å². The lowest BCUT2D eigenvalue weighted by Crippen LogP contribution is -2.69. The molecule has 6 heterocycles. The highest BCUT2D eigenvalue weighted by Crippen LogP contribution is 2.49. The van der Waals surface area contributed by atoms with Crippen LogP contribution in [0.4, 0.5) is 0 Å². The molecule has 7 fully saturated rings. The van der Waals surface area contributed by atoms with Crippen LogP contribution in [0.1, 0.15) is 304 Å². The highest BCUT2D eigenvalue weighted by atomic mass is 31.2. The van der Waals surface area contributed by atoms with Crippen LogP contribution >= 0.6 is 7.82 Å². The SMILES string of the molecule is CCCCCCCCCCCCCCCC(=O)OC[C@H](COP(=O)(O)OC1[C@H](O[C@H]2O[C@H](COC(=O)CCCCCCCCCCCCCCC)[C@@H](O)[C@H](O)[C@@H]2O)[C@H](O)C(O)[C@H](O)[C@H]1O[C@H]1O[C@H](CO[C@H]2O[C@H](CO[C@H]3O[C@H](CO)[C@@H](O)[C@H](O)[C@@H]3O[C@H]3O[C@H](CO)[C@@H](O)[C@H](O)[C@@H]3O[C@H]3O[C@H](CO)[C@@H](O)[C@H](O)[C@@H]3O)[C@@H](O)[C@H](O)[C@@H]2O)[C@@H](O)[C@H](O)[C@@H]1O)OC(=O)CCCCCCCCC(C)CCCCCCCC. The molecule has 1 saturated carbocycles. The van der Waals surface area contributed by atoms with Crippen LogP contribution in [0.2, 0.25) is 0 Å². The predicted octanol–water partition coefficient (Wildman–Crippen LogP) is 1.73. The second-order valence-corrected chi connectivity index (χ2v) is 40.7. The molecule has 0 amide bonds. The van der Waals surface area contributed by atoms with Crippen molar-refractivity contribution in [1.29, 1.82) is 0 Å². The van der Waals surface area contributed by atoms with Crippen LogP contribution in [0.5, 0.6) is 0 Å². The number of esters is 3. The molecule has 0 spiro atoms. The third-order valence-electron chi connectivity index (χ3n) is 27.7. The molecular formula is C96H175O44P. The minimum Gasteiger partial charge on any atom is -0.463 e. The summed E-state index contributed by atoms with van der Waals surface area (Å²) in [6.45, 7) is 1.10. The van der Waals surface area contributed by atoms with Gasteiger partial charge in [-0.1, -0.05) is 265 Å². The molecule has 0 aromatic heterocycles. The summed E-state index contributed by atoms with van der Waals surface area (Å²) >= 11 is 0. The fraction of sp³-hybridized carbons (Fsp3) is 0.969. The van der Waals surface area contributed by atoms with Gasteiger partial charge in [-0.15, -0.1) is 0 Å². The van der Waals surface area contributed by atoms with Crippen molar-refractivity contribution in [3.05, 3.63) is 0 Å². The maximum absolute atomic E-state index is 14.9. The molecule has 828 valence electrons. The van der Waals surface area contributed by atoms with Gasteiger partial charge in [-0.2, -0.15) is 0 Å². The van der Waals surface area contributed by atoms with E-state index in [1.54, 1.807) is 0 Å². The van der Waals surface area contributed by atoms with E-state index in [4.69, 9.17) is 80.1 Å². The molecule has 23 N–H and O–H groups in total. The van der Waals surface area contributed by atoms with Crippen molar-refractivity contribution < 1.29 is 216 Å². The Labute approximate surface area is 828 Å². The Hall–Kier alpha value is -2.84. The van der Waals surface area contributed by atoms with Crippen molar-refractivity contribution in [2.75, 3.05) is 52.9 Å². The van der Waals surface area contributed by atoms with Gasteiger partial charge in [0, 0.05) is 19.3 Å². The first-order chi connectivity index (χ1) is 67.6. The highest BCUT2D eigenvalue weighted by Gasteiger charge is 2.61. The summed E-state index contributed by atoms with van der Waals surface area (Å²) in [7, 11) is -5.96. The molecule has 6 saturated heterocycles. The molecule has 0 aromatic rings. The first-order valence-electron chi connectivity index (χ1n) is 52.3. The summed E-state index contributed by atoms with van der Waals surface area (Å²) in [6.07, 6.45) is -38.6. The summed E-state index contributed by atoms with van der Waals surface area (Å²) < 4.78 is 113. The van der Waals surface area contributed by atoms with Crippen LogP contribution in [0.25, 0.3) is 0 Å². The first kappa shape index (κ1) is 125. The van der Waals surface area contributed by atoms with E-state index >= 15 is 0 Å². The Morgan fingerprint density at radius 1 is 0.277 bits per heavy atom. The molecule has 0 bridgehead atoms. The standard InChI is InChI=1S/C96H175O44P/c1-5-8-11-14-17-19-21-23-25-27-29-35-40-45-64(100)124-51-57(129-66(102)47-42-37-32-31-34-39-44-56(4)43-38-33-16-13-10-7-3)52-128-141(122,123)140-90-86(136-93-84(120)75(111)70(106)61(134-93)53-125-65(101)46-41-36-30-28-26-24-22-20-18-15-12-9-6-2)80(116)77(113)81(117)87(90)137-94-85(121)76(112)72(108)63(135-94)54-126-91-82(118)74(110)71(107)62(133-91)55-127-95-88(78(114)68(104)59(49-98)131-95)139-96-89(79(115)69(105)60(50-99)132-96)138-92-83(119)73(109)67(103)58(48-97)130-92/h56-63,67-99,103-121H,5-55H2,1-4H3,(H,122,123)/t56?,57-,58-,59-,60-,61-,62-,63-,67-,68-,69-,70-,71-,72-,73+,74+,75+,76+,77?,78+,79+,80-,81+,82+,83+,84+,85+,86-,87-,88+,89+,90?,91+,92-,93-,94-,95+,96-/m1/s1. The number of unbranched alkanes of at least 4 members (excludes halogenated alkanes) is 34.